The zero-order chi connectivity index (χ0) is 12.5. The summed E-state index contributed by atoms with van der Waals surface area (Å²) in [7, 11) is 1.39. The van der Waals surface area contributed by atoms with Gasteiger partial charge in [-0.2, -0.15) is 0 Å². The Morgan fingerprint density at radius 2 is 2.06 bits per heavy atom. The van der Waals surface area contributed by atoms with Gasteiger partial charge in [-0.1, -0.05) is 13.3 Å². The minimum absolute atomic E-state index is 0.188. The Labute approximate surface area is 102 Å². The van der Waals surface area contributed by atoms with Gasteiger partial charge in [-0.15, -0.1) is 0 Å². The van der Waals surface area contributed by atoms with E-state index in [2.05, 4.69) is 0 Å². The maximum Gasteiger partial charge on any atom is 0.316 e. The highest BCUT2D eigenvalue weighted by atomic mass is 16.6. The van der Waals surface area contributed by atoms with Gasteiger partial charge in [0.1, 0.15) is 11.0 Å². The van der Waals surface area contributed by atoms with E-state index in [0.717, 1.165) is 32.1 Å². The van der Waals surface area contributed by atoms with Crippen molar-refractivity contribution in [1.82, 2.24) is 0 Å². The molecule has 1 atom stereocenters. The fourth-order valence-electron chi connectivity index (χ4n) is 3.58. The van der Waals surface area contributed by atoms with Gasteiger partial charge in [0.05, 0.1) is 13.5 Å². The molecule has 1 spiro atoms. The Balaban J connectivity index is 2.40. The number of carbonyl (C=O) groups excluding carboxylic acids is 2. The van der Waals surface area contributed by atoms with Crippen LogP contribution >= 0.6 is 0 Å². The Hall–Kier alpha value is -1.06. The predicted molar refractivity (Wildman–Crippen MR) is 61.3 cm³/mol. The Bertz CT molecular complexity index is 330. The van der Waals surface area contributed by atoms with E-state index in [9.17, 15) is 9.59 Å². The first-order valence-electron chi connectivity index (χ1n) is 6.40. The standard InChI is InChI=1S/C13H20O4/c1-3-6-12(11(15)16-2)9-10(14)17-13(12)7-4-5-8-13/h3-9H2,1-2H3. The molecule has 0 bridgehead atoms. The summed E-state index contributed by atoms with van der Waals surface area (Å²) < 4.78 is 10.5. The molecule has 0 aromatic rings. The second-order valence-electron chi connectivity index (χ2n) is 5.18. The number of hydrogen-bond acceptors (Lipinski definition) is 4. The van der Waals surface area contributed by atoms with Crippen LogP contribution in [0.5, 0.6) is 0 Å². The molecule has 2 fully saturated rings. The average Bonchev–Trinajstić information content (AvgIpc) is 2.86. The topological polar surface area (TPSA) is 52.6 Å². The molecular weight excluding hydrogens is 220 g/mol. The van der Waals surface area contributed by atoms with Crippen molar-refractivity contribution < 1.29 is 19.1 Å². The molecule has 0 radical (unpaired) electrons. The summed E-state index contributed by atoms with van der Waals surface area (Å²) in [6.07, 6.45) is 5.36. The summed E-state index contributed by atoms with van der Waals surface area (Å²) in [5.41, 5.74) is -1.31. The molecule has 0 N–H and O–H groups in total. The maximum absolute atomic E-state index is 12.2. The molecule has 1 saturated carbocycles. The predicted octanol–water partition coefficient (Wildman–Crippen LogP) is 2.21. The molecule has 4 heteroatoms. The van der Waals surface area contributed by atoms with Crippen LogP contribution in [0, 0.1) is 5.41 Å². The van der Waals surface area contributed by atoms with Crippen LogP contribution in [0.1, 0.15) is 51.9 Å². The van der Waals surface area contributed by atoms with Gasteiger partial charge in [-0.3, -0.25) is 9.59 Å². The molecule has 17 heavy (non-hydrogen) atoms. The van der Waals surface area contributed by atoms with Crippen molar-refractivity contribution in [3.8, 4) is 0 Å². The lowest BCUT2D eigenvalue weighted by Gasteiger charge is -2.38. The number of ether oxygens (including phenoxy) is 2. The van der Waals surface area contributed by atoms with Gasteiger partial charge in [0.25, 0.3) is 0 Å². The van der Waals surface area contributed by atoms with Crippen molar-refractivity contribution in [3.05, 3.63) is 0 Å². The molecule has 2 aliphatic rings. The summed E-state index contributed by atoms with van der Waals surface area (Å²) in [6, 6.07) is 0. The lowest BCUT2D eigenvalue weighted by Crippen LogP contribution is -2.49. The van der Waals surface area contributed by atoms with Crippen molar-refractivity contribution >= 4 is 11.9 Å². The first kappa shape index (κ1) is 12.4. The highest BCUT2D eigenvalue weighted by Crippen LogP contribution is 2.56. The van der Waals surface area contributed by atoms with E-state index in [1.807, 2.05) is 6.92 Å². The molecule has 1 saturated heterocycles. The molecule has 4 nitrogen and oxygen atoms in total. The Morgan fingerprint density at radius 1 is 1.41 bits per heavy atom. The fraction of sp³-hybridized carbons (Fsp3) is 0.846. The zero-order valence-corrected chi connectivity index (χ0v) is 10.6. The van der Waals surface area contributed by atoms with Gasteiger partial charge < -0.3 is 9.47 Å². The zero-order valence-electron chi connectivity index (χ0n) is 10.6. The van der Waals surface area contributed by atoms with Crippen LogP contribution in [0.25, 0.3) is 0 Å². The van der Waals surface area contributed by atoms with E-state index >= 15 is 0 Å². The average molecular weight is 240 g/mol. The first-order chi connectivity index (χ1) is 8.10. The molecule has 1 unspecified atom stereocenters. The maximum atomic E-state index is 12.2. The van der Waals surface area contributed by atoms with Gasteiger partial charge >= 0.3 is 11.9 Å². The summed E-state index contributed by atoms with van der Waals surface area (Å²) >= 11 is 0. The van der Waals surface area contributed by atoms with Gasteiger partial charge in [0.2, 0.25) is 0 Å². The van der Waals surface area contributed by atoms with E-state index in [1.165, 1.54) is 7.11 Å². The van der Waals surface area contributed by atoms with Crippen LogP contribution in [0.15, 0.2) is 0 Å². The normalized spacial score (nSPS) is 30.6. The minimum Gasteiger partial charge on any atom is -0.468 e. The lowest BCUT2D eigenvalue weighted by molar-refractivity contribution is -0.168. The number of esters is 2. The van der Waals surface area contributed by atoms with Gasteiger partial charge in [0.15, 0.2) is 0 Å². The summed E-state index contributed by atoms with van der Waals surface area (Å²) in [4.78, 5) is 23.9. The van der Waals surface area contributed by atoms with Crippen LogP contribution in [-0.2, 0) is 19.1 Å². The second-order valence-corrected chi connectivity index (χ2v) is 5.18. The van der Waals surface area contributed by atoms with E-state index in [1.54, 1.807) is 0 Å². The number of hydrogen-bond donors (Lipinski definition) is 0. The quantitative estimate of drug-likeness (QED) is 0.710. The molecule has 96 valence electrons. The van der Waals surface area contributed by atoms with Crippen molar-refractivity contribution in [1.29, 1.82) is 0 Å². The fourth-order valence-corrected chi connectivity index (χ4v) is 3.58. The molecule has 0 amide bonds. The van der Waals surface area contributed by atoms with Gasteiger partial charge in [0, 0.05) is 0 Å². The van der Waals surface area contributed by atoms with Crippen molar-refractivity contribution in [2.24, 2.45) is 5.41 Å². The largest absolute Gasteiger partial charge is 0.468 e. The molecule has 1 aliphatic heterocycles. The summed E-state index contributed by atoms with van der Waals surface area (Å²) in [5.74, 6) is -0.516. The lowest BCUT2D eigenvalue weighted by atomic mass is 9.67. The first-order valence-corrected chi connectivity index (χ1v) is 6.40. The van der Waals surface area contributed by atoms with Crippen molar-refractivity contribution in [2.75, 3.05) is 7.11 Å². The monoisotopic (exact) mass is 240 g/mol. The van der Waals surface area contributed by atoms with E-state index in [0.29, 0.717) is 6.42 Å². The minimum atomic E-state index is -0.732. The Morgan fingerprint density at radius 3 is 2.59 bits per heavy atom. The SMILES string of the molecule is CCCC1(C(=O)OC)CC(=O)OC12CCCC2. The highest BCUT2D eigenvalue weighted by molar-refractivity contribution is 5.88. The van der Waals surface area contributed by atoms with Crippen molar-refractivity contribution in [2.45, 2.75) is 57.5 Å². The van der Waals surface area contributed by atoms with Crippen LogP contribution in [0.4, 0.5) is 0 Å². The van der Waals surface area contributed by atoms with E-state index in [-0.39, 0.29) is 18.4 Å². The molecular formula is C13H20O4. The molecule has 2 rings (SSSR count). The second kappa shape index (κ2) is 4.31. The Kier molecular flexibility index (Phi) is 3.15. The summed E-state index contributed by atoms with van der Waals surface area (Å²) in [5, 5.41) is 0. The van der Waals surface area contributed by atoms with Crippen molar-refractivity contribution in [3.63, 3.8) is 0 Å². The molecule has 1 heterocycles. The number of methoxy groups -OCH3 is 1. The van der Waals surface area contributed by atoms with Gasteiger partial charge in [-0.25, -0.2) is 0 Å². The molecule has 0 aromatic heterocycles. The third-order valence-electron chi connectivity index (χ3n) is 4.29. The number of rotatable bonds is 3. The molecule has 1 aliphatic carbocycles. The number of carbonyl (C=O) groups is 2. The molecule has 0 aromatic carbocycles. The van der Waals surface area contributed by atoms with E-state index < -0.39 is 11.0 Å². The van der Waals surface area contributed by atoms with E-state index in [4.69, 9.17) is 9.47 Å². The van der Waals surface area contributed by atoms with Crippen LogP contribution in [0.2, 0.25) is 0 Å². The smallest absolute Gasteiger partial charge is 0.316 e. The van der Waals surface area contributed by atoms with Gasteiger partial charge in [-0.05, 0) is 32.1 Å². The van der Waals surface area contributed by atoms with Crippen LogP contribution < -0.4 is 0 Å². The van der Waals surface area contributed by atoms with Crippen LogP contribution in [0.3, 0.4) is 0 Å². The third kappa shape index (κ3) is 1.65. The highest BCUT2D eigenvalue weighted by Gasteiger charge is 2.65. The van der Waals surface area contributed by atoms with Crippen LogP contribution in [-0.4, -0.2) is 24.6 Å². The summed E-state index contributed by atoms with van der Waals surface area (Å²) in [6.45, 7) is 2.02. The third-order valence-corrected chi connectivity index (χ3v) is 4.29.